The number of carbonyl (C=O) groups is 5. The van der Waals surface area contributed by atoms with Crippen molar-refractivity contribution in [2.24, 2.45) is 0 Å². The number of rotatable bonds is 13. The van der Waals surface area contributed by atoms with Crippen molar-refractivity contribution in [1.82, 2.24) is 20.4 Å². The van der Waals surface area contributed by atoms with Crippen LogP contribution in [-0.2, 0) is 25.6 Å². The summed E-state index contributed by atoms with van der Waals surface area (Å²) >= 11 is 1.88. The fourth-order valence-electron chi connectivity index (χ4n) is 7.95. The SMILES string of the molecule is O=C1N[C@H]2[C@H](CS[C@H]2CCCCC(=O)N2CCCC2C(=O)Nc2ccc(/C=C/c3ccc(NC(=O)[C@@H]4CCCN4C(=O)Cc4ccccc4)cc3)cc2)N1. The molecule has 5 atom stereocenters. The number of unbranched alkanes of at least 4 members (excludes halogenated alkanes) is 1. The van der Waals surface area contributed by atoms with Crippen molar-refractivity contribution < 1.29 is 24.0 Å². The largest absolute Gasteiger partial charge is 0.332 e. The monoisotopic (exact) mass is 748 g/mol. The molecule has 4 heterocycles. The van der Waals surface area contributed by atoms with E-state index in [0.29, 0.717) is 49.0 Å². The van der Waals surface area contributed by atoms with Gasteiger partial charge >= 0.3 is 6.03 Å². The highest BCUT2D eigenvalue weighted by atomic mass is 32.2. The maximum atomic E-state index is 13.2. The van der Waals surface area contributed by atoms with Gasteiger partial charge in [-0.2, -0.15) is 11.8 Å². The van der Waals surface area contributed by atoms with Gasteiger partial charge in [0.2, 0.25) is 23.6 Å². The summed E-state index contributed by atoms with van der Waals surface area (Å²) in [6, 6.07) is 24.1. The fraction of sp³-hybridized carbons (Fsp3) is 0.405. The first-order chi connectivity index (χ1) is 26.3. The van der Waals surface area contributed by atoms with Crippen LogP contribution in [0.15, 0.2) is 78.9 Å². The maximum absolute atomic E-state index is 13.2. The summed E-state index contributed by atoms with van der Waals surface area (Å²) in [5.41, 5.74) is 4.22. The molecular formula is C42H48N6O5S. The van der Waals surface area contributed by atoms with Crippen LogP contribution in [0.5, 0.6) is 0 Å². The molecule has 0 saturated carbocycles. The van der Waals surface area contributed by atoms with Crippen molar-refractivity contribution >= 4 is 64.9 Å². The lowest BCUT2D eigenvalue weighted by Crippen LogP contribution is -2.43. The average molecular weight is 749 g/mol. The molecule has 54 heavy (non-hydrogen) atoms. The number of fused-ring (bicyclic) bond motifs is 1. The van der Waals surface area contributed by atoms with Crippen LogP contribution in [-0.4, -0.2) is 87.7 Å². The minimum atomic E-state index is -0.471. The van der Waals surface area contributed by atoms with Crippen molar-refractivity contribution in [3.05, 3.63) is 95.6 Å². The van der Waals surface area contributed by atoms with Crippen molar-refractivity contribution in [3.8, 4) is 0 Å². The molecule has 0 radical (unpaired) electrons. The number of hydrogen-bond acceptors (Lipinski definition) is 6. The summed E-state index contributed by atoms with van der Waals surface area (Å²) in [4.78, 5) is 67.5. The fourth-order valence-corrected chi connectivity index (χ4v) is 9.50. The van der Waals surface area contributed by atoms with Crippen molar-refractivity contribution in [1.29, 1.82) is 0 Å². The lowest BCUT2D eigenvalue weighted by Gasteiger charge is -2.24. The van der Waals surface area contributed by atoms with E-state index in [1.54, 1.807) is 9.80 Å². The predicted octanol–water partition coefficient (Wildman–Crippen LogP) is 5.68. The zero-order valence-corrected chi connectivity index (χ0v) is 31.2. The minimum absolute atomic E-state index is 0.0298. The van der Waals surface area contributed by atoms with E-state index in [-0.39, 0.29) is 48.2 Å². The van der Waals surface area contributed by atoms with E-state index in [1.165, 1.54) is 0 Å². The van der Waals surface area contributed by atoms with Gasteiger partial charge in [-0.1, -0.05) is 73.2 Å². The zero-order valence-electron chi connectivity index (χ0n) is 30.4. The number of amides is 6. The van der Waals surface area contributed by atoms with Gasteiger partial charge in [0.05, 0.1) is 18.5 Å². The van der Waals surface area contributed by atoms with Gasteiger partial charge in [-0.05, 0) is 79.5 Å². The number of hydrogen-bond donors (Lipinski definition) is 4. The lowest BCUT2D eigenvalue weighted by molar-refractivity contribution is -0.136. The van der Waals surface area contributed by atoms with Crippen LogP contribution in [0.1, 0.15) is 68.1 Å². The molecule has 3 aromatic rings. The third-order valence-electron chi connectivity index (χ3n) is 10.8. The Morgan fingerprint density at radius 3 is 1.89 bits per heavy atom. The highest BCUT2D eigenvalue weighted by Gasteiger charge is 2.42. The number of urea groups is 1. The van der Waals surface area contributed by atoms with Crippen molar-refractivity contribution in [2.75, 3.05) is 29.5 Å². The molecule has 0 bridgehead atoms. The number of likely N-dealkylation sites (tertiary alicyclic amines) is 2. The van der Waals surface area contributed by atoms with Crippen molar-refractivity contribution in [2.45, 2.75) is 87.2 Å². The Labute approximate surface area is 320 Å². The first kappa shape index (κ1) is 37.2. The summed E-state index contributed by atoms with van der Waals surface area (Å²) in [7, 11) is 0. The smallest absolute Gasteiger partial charge is 0.315 e. The van der Waals surface area contributed by atoms with E-state index < -0.39 is 12.1 Å². The Morgan fingerprint density at radius 1 is 0.722 bits per heavy atom. The number of nitrogens with one attached hydrogen (secondary N) is 4. The maximum Gasteiger partial charge on any atom is 0.315 e. The lowest BCUT2D eigenvalue weighted by atomic mass is 10.0. The Bertz CT molecular complexity index is 1850. The topological polar surface area (TPSA) is 140 Å². The summed E-state index contributed by atoms with van der Waals surface area (Å²) in [6.07, 6.45) is 10.2. The molecule has 4 aliphatic rings. The normalized spacial score (nSPS) is 23.3. The van der Waals surface area contributed by atoms with Crippen LogP contribution in [0.3, 0.4) is 0 Å². The second kappa shape index (κ2) is 17.4. The molecule has 12 heteroatoms. The van der Waals surface area contributed by atoms with Crippen LogP contribution in [0, 0.1) is 0 Å². The van der Waals surface area contributed by atoms with Gasteiger partial charge in [0, 0.05) is 41.9 Å². The number of carbonyl (C=O) groups excluding carboxylic acids is 5. The second-order valence-corrected chi connectivity index (χ2v) is 15.8. The molecule has 282 valence electrons. The molecular weight excluding hydrogens is 701 g/mol. The molecule has 1 unspecified atom stereocenters. The number of anilines is 2. The van der Waals surface area contributed by atoms with Crippen LogP contribution < -0.4 is 21.3 Å². The van der Waals surface area contributed by atoms with E-state index >= 15 is 0 Å². The van der Waals surface area contributed by atoms with Crippen molar-refractivity contribution in [3.63, 3.8) is 0 Å². The van der Waals surface area contributed by atoms with E-state index in [0.717, 1.165) is 54.5 Å². The van der Waals surface area contributed by atoms with Gasteiger partial charge in [-0.25, -0.2) is 4.79 Å². The standard InChI is InChI=1S/C42H48N6O5S/c49-37(13-5-4-12-36-39-33(27-54-36)45-42(53)46-39)47-24-6-10-34(47)40(51)43-31-20-16-28(17-21-31)14-15-29-18-22-32(23-19-29)44-41(52)35-11-7-25-48(35)38(50)26-30-8-2-1-3-9-30/h1-3,8-9,14-23,33-36,39H,4-7,10-13,24-27H2,(H,43,51)(H,44,52)(H2,45,46,53)/b15-14+/t33-,34?,35-,36-,39-/m0/s1. The van der Waals surface area contributed by atoms with Gasteiger partial charge in [0.25, 0.3) is 0 Å². The first-order valence-corrected chi connectivity index (χ1v) is 20.2. The highest BCUT2D eigenvalue weighted by molar-refractivity contribution is 8.00. The molecule has 7 rings (SSSR count). The van der Waals surface area contributed by atoms with Gasteiger partial charge in [0.1, 0.15) is 12.1 Å². The van der Waals surface area contributed by atoms with Gasteiger partial charge in [0.15, 0.2) is 0 Å². The zero-order chi connectivity index (χ0) is 37.4. The number of nitrogens with zero attached hydrogens (tertiary/aromatic N) is 2. The average Bonchev–Trinajstić information content (AvgIpc) is 4.00. The Morgan fingerprint density at radius 2 is 1.30 bits per heavy atom. The molecule has 6 amide bonds. The van der Waals surface area contributed by atoms with Crippen LogP contribution in [0.25, 0.3) is 12.2 Å². The Hall–Kier alpha value is -5.10. The third-order valence-corrected chi connectivity index (χ3v) is 12.4. The molecule has 3 aromatic carbocycles. The summed E-state index contributed by atoms with van der Waals surface area (Å²) < 4.78 is 0. The number of thioether (sulfide) groups is 1. The van der Waals surface area contributed by atoms with Crippen LogP contribution in [0.4, 0.5) is 16.2 Å². The predicted molar refractivity (Wildman–Crippen MR) is 213 cm³/mol. The molecule has 0 aliphatic carbocycles. The summed E-state index contributed by atoms with van der Waals surface area (Å²) in [5.74, 6) is 0.603. The second-order valence-electron chi connectivity index (χ2n) is 14.6. The summed E-state index contributed by atoms with van der Waals surface area (Å²) in [6.45, 7) is 1.19. The Kier molecular flexibility index (Phi) is 12.0. The molecule has 4 aliphatic heterocycles. The summed E-state index contributed by atoms with van der Waals surface area (Å²) in [5, 5.41) is 12.4. The van der Waals surface area contributed by atoms with Gasteiger partial charge < -0.3 is 31.1 Å². The molecule has 4 saturated heterocycles. The van der Waals surface area contributed by atoms with Crippen LogP contribution in [0.2, 0.25) is 0 Å². The molecule has 0 spiro atoms. The first-order valence-electron chi connectivity index (χ1n) is 19.1. The Balaban J connectivity index is 0.839. The van der Waals surface area contributed by atoms with E-state index in [4.69, 9.17) is 0 Å². The van der Waals surface area contributed by atoms with E-state index in [1.807, 2.05) is 103 Å². The van der Waals surface area contributed by atoms with E-state index in [2.05, 4.69) is 21.3 Å². The van der Waals surface area contributed by atoms with E-state index in [9.17, 15) is 24.0 Å². The quantitative estimate of drug-likeness (QED) is 0.101. The van der Waals surface area contributed by atoms with Gasteiger partial charge in [-0.15, -0.1) is 0 Å². The minimum Gasteiger partial charge on any atom is -0.332 e. The third kappa shape index (κ3) is 9.15. The number of benzene rings is 3. The highest BCUT2D eigenvalue weighted by Crippen LogP contribution is 2.33. The molecule has 4 N–H and O–H groups in total. The molecule has 11 nitrogen and oxygen atoms in total. The van der Waals surface area contributed by atoms with Gasteiger partial charge in [-0.3, -0.25) is 19.2 Å². The molecule has 0 aromatic heterocycles. The van der Waals surface area contributed by atoms with Crippen LogP contribution >= 0.6 is 11.8 Å². The molecule has 4 fully saturated rings.